The molecule has 0 saturated carbocycles. The second-order valence-electron chi connectivity index (χ2n) is 2.32. The molecule has 0 aromatic heterocycles. The molecule has 0 unspecified atom stereocenters. The number of nitrogens with zero attached hydrogens (tertiary/aromatic N) is 5. The van der Waals surface area contributed by atoms with E-state index in [1.165, 1.54) is 4.91 Å². The highest BCUT2D eigenvalue weighted by molar-refractivity contribution is 4.74. The summed E-state index contributed by atoms with van der Waals surface area (Å²) in [6, 6.07) is 0. The van der Waals surface area contributed by atoms with Gasteiger partial charge in [-0.15, -0.1) is 5.53 Å². The van der Waals surface area contributed by atoms with Crippen molar-refractivity contribution >= 4 is 0 Å². The van der Waals surface area contributed by atoms with Crippen LogP contribution in [-0.4, -0.2) is 46.9 Å². The van der Waals surface area contributed by atoms with Gasteiger partial charge >= 0.3 is 0 Å². The summed E-state index contributed by atoms with van der Waals surface area (Å²) >= 11 is 0. The lowest BCUT2D eigenvalue weighted by Gasteiger charge is -2.23. The minimum atomic E-state index is -1.11. The van der Waals surface area contributed by atoms with E-state index in [0.717, 1.165) is 0 Å². The third-order valence-electron chi connectivity index (χ3n) is 1.34. The summed E-state index contributed by atoms with van der Waals surface area (Å²) in [7, 11) is 0. The molecule has 0 fully saturated rings. The summed E-state index contributed by atoms with van der Waals surface area (Å²) in [5, 5.41) is 34.0. The highest BCUT2D eigenvalue weighted by Crippen LogP contribution is 2.11. The Bertz CT molecular complexity index is 164. The molecule has 0 bridgehead atoms. The first-order valence-corrected chi connectivity index (χ1v) is 3.50. The Hall–Kier alpha value is -1.54. The fourth-order valence-electron chi connectivity index (χ4n) is 0.300. The highest BCUT2D eigenvalue weighted by atomic mass is 16.3. The maximum Gasteiger partial charge on any atom is 0.0627 e. The van der Waals surface area contributed by atoms with Gasteiger partial charge in [0, 0.05) is 0 Å². The van der Waals surface area contributed by atoms with Crippen LogP contribution in [0.15, 0.2) is 0 Å². The van der Waals surface area contributed by atoms with Gasteiger partial charge in [0.2, 0.25) is 0 Å². The number of nitrogens with one attached hydrogen (secondary N) is 1. The molecule has 0 amide bonds. The van der Waals surface area contributed by atoms with E-state index in [9.17, 15) is 0 Å². The van der Waals surface area contributed by atoms with Crippen molar-refractivity contribution in [3.05, 3.63) is 26.4 Å². The number of aliphatic hydroxyl groups excluding tert-OH is 4. The van der Waals surface area contributed by atoms with Gasteiger partial charge in [0.25, 0.3) is 0 Å². The summed E-state index contributed by atoms with van der Waals surface area (Å²) < 4.78 is 0. The topological polar surface area (TPSA) is 200 Å². The van der Waals surface area contributed by atoms with Crippen molar-refractivity contribution in [1.29, 1.82) is 5.53 Å². The first-order chi connectivity index (χ1) is 7.07. The minimum absolute atomic E-state index is 0.406. The van der Waals surface area contributed by atoms with Crippen molar-refractivity contribution in [2.75, 3.05) is 26.4 Å². The minimum Gasteiger partial charge on any atom is -0.396 e. The molecule has 0 spiro atoms. The van der Waals surface area contributed by atoms with Crippen LogP contribution in [0.2, 0.25) is 0 Å². The monoisotopic (exact) mass is 221 g/mol. The van der Waals surface area contributed by atoms with Gasteiger partial charge in [-0.1, -0.05) is 0 Å². The van der Waals surface area contributed by atoms with Crippen molar-refractivity contribution in [3.8, 4) is 0 Å². The summed E-state index contributed by atoms with van der Waals surface area (Å²) in [5.74, 6) is 0. The Morgan fingerprint density at radius 3 is 1.00 bits per heavy atom. The summed E-state index contributed by atoms with van der Waals surface area (Å²) in [5.41, 5.74) is 24.6. The smallest absolute Gasteiger partial charge is 0.0627 e. The molecule has 10 heteroatoms. The Morgan fingerprint density at radius 2 is 1.00 bits per heavy atom. The highest BCUT2D eigenvalue weighted by Gasteiger charge is 2.26. The molecule has 5 N–H and O–H groups in total. The zero-order chi connectivity index (χ0) is 12.7. The lowest BCUT2D eigenvalue weighted by Crippen LogP contribution is -2.37. The molecule has 0 radical (unpaired) electrons. The number of hydrogen-bond acceptors (Lipinski definition) is 5. The maximum atomic E-state index is 8.50. The second-order valence-corrected chi connectivity index (χ2v) is 2.32. The normalized spacial score (nSPS) is 8.27. The summed E-state index contributed by atoms with van der Waals surface area (Å²) in [6.45, 7) is -1.62. The standard InChI is InChI=1S/C5H12O4.HN3.N3/c6-1-5(2-7,3-8)4-9;2*1-3-2/h6-9H,1-4H2;1H;/q;;-1. The van der Waals surface area contributed by atoms with E-state index >= 15 is 0 Å². The Labute approximate surface area is 85.2 Å². The zero-order valence-corrected chi connectivity index (χ0v) is 7.85. The van der Waals surface area contributed by atoms with Gasteiger partial charge in [0.05, 0.1) is 31.8 Å². The molecule has 15 heavy (non-hydrogen) atoms. The molecular formula is C5H13N6O4-. The molecule has 0 heterocycles. The van der Waals surface area contributed by atoms with Crippen LogP contribution in [0.3, 0.4) is 0 Å². The largest absolute Gasteiger partial charge is 0.396 e. The Kier molecular flexibility index (Phi) is 19.0. The van der Waals surface area contributed by atoms with Crippen molar-refractivity contribution in [2.45, 2.75) is 0 Å². The number of aliphatic hydroxyl groups is 4. The van der Waals surface area contributed by atoms with Gasteiger partial charge in [0.15, 0.2) is 0 Å². The van der Waals surface area contributed by atoms with E-state index in [-0.39, 0.29) is 0 Å². The van der Waals surface area contributed by atoms with E-state index in [0.29, 0.717) is 0 Å². The van der Waals surface area contributed by atoms with E-state index in [2.05, 4.69) is 0 Å². The zero-order valence-electron chi connectivity index (χ0n) is 7.85. The fourth-order valence-corrected chi connectivity index (χ4v) is 0.300. The van der Waals surface area contributed by atoms with Crippen LogP contribution in [0.4, 0.5) is 0 Å². The van der Waals surface area contributed by atoms with Crippen LogP contribution in [0, 0.1) is 10.9 Å². The van der Waals surface area contributed by atoms with E-state index in [1.54, 1.807) is 4.91 Å². The summed E-state index contributed by atoms with van der Waals surface area (Å²) in [6.07, 6.45) is 0. The molecule has 88 valence electrons. The van der Waals surface area contributed by atoms with Crippen molar-refractivity contribution in [3.63, 3.8) is 0 Å². The van der Waals surface area contributed by atoms with Crippen LogP contribution in [0.1, 0.15) is 0 Å². The average Bonchev–Trinajstić information content (AvgIpc) is 2.24. The molecule has 0 rings (SSSR count). The molecule has 0 aliphatic carbocycles. The third kappa shape index (κ3) is 12.5. The van der Waals surface area contributed by atoms with E-state index < -0.39 is 31.8 Å². The molecule has 0 aliphatic rings. The first-order valence-electron chi connectivity index (χ1n) is 3.50. The Morgan fingerprint density at radius 1 is 0.867 bits per heavy atom. The van der Waals surface area contributed by atoms with Gasteiger partial charge in [-0.25, -0.2) is 0 Å². The van der Waals surface area contributed by atoms with Crippen LogP contribution in [-0.2, 0) is 0 Å². The molecule has 10 nitrogen and oxygen atoms in total. The lowest BCUT2D eigenvalue weighted by molar-refractivity contribution is -0.0328. The van der Waals surface area contributed by atoms with Crippen molar-refractivity contribution in [1.82, 2.24) is 0 Å². The van der Waals surface area contributed by atoms with Gasteiger partial charge < -0.3 is 31.5 Å². The molecule has 0 saturated heterocycles. The van der Waals surface area contributed by atoms with Gasteiger partial charge in [0.1, 0.15) is 0 Å². The van der Waals surface area contributed by atoms with Crippen molar-refractivity contribution in [2.24, 2.45) is 5.41 Å². The predicted octanol–water partition coefficient (Wildman–Crippen LogP) is -0.316. The van der Waals surface area contributed by atoms with Crippen LogP contribution < -0.4 is 0 Å². The molecular weight excluding hydrogens is 208 g/mol. The van der Waals surface area contributed by atoms with Crippen LogP contribution in [0.5, 0.6) is 0 Å². The van der Waals surface area contributed by atoms with Gasteiger partial charge in [-0.05, 0) is 10.4 Å². The maximum absolute atomic E-state index is 8.50. The number of rotatable bonds is 4. The van der Waals surface area contributed by atoms with E-state index in [4.69, 9.17) is 42.6 Å². The predicted molar refractivity (Wildman–Crippen MR) is 50.3 cm³/mol. The summed E-state index contributed by atoms with van der Waals surface area (Å²) in [4.78, 5) is 3.25. The molecule has 0 aliphatic heterocycles. The fraction of sp³-hybridized carbons (Fsp3) is 1.00. The van der Waals surface area contributed by atoms with Gasteiger partial charge in [-0.3, -0.25) is 4.91 Å². The number of hydrogen-bond donors (Lipinski definition) is 5. The molecule has 0 aromatic rings. The van der Waals surface area contributed by atoms with Crippen molar-refractivity contribution < 1.29 is 20.4 Å². The lowest BCUT2D eigenvalue weighted by atomic mass is 9.93. The Balaban J connectivity index is -0.000000200. The third-order valence-corrected chi connectivity index (χ3v) is 1.34. The first kappa shape index (κ1) is 19.1. The SMILES string of the molecule is OCC(CO)(CO)CO.[N-]=[N+]=N.[N-]=[N+]=[N-]. The van der Waals surface area contributed by atoms with E-state index in [1.807, 2.05) is 0 Å². The van der Waals surface area contributed by atoms with Crippen LogP contribution in [0.25, 0.3) is 26.4 Å². The quantitative estimate of drug-likeness (QED) is 0.246. The van der Waals surface area contributed by atoms with Gasteiger partial charge in [-0.2, -0.15) is 0 Å². The average molecular weight is 221 g/mol. The second kappa shape index (κ2) is 15.0. The molecule has 0 aromatic carbocycles. The molecule has 0 atom stereocenters. The van der Waals surface area contributed by atoms with Crippen LogP contribution >= 0.6 is 0 Å².